The lowest BCUT2D eigenvalue weighted by molar-refractivity contribution is 0.421. The van der Waals surface area contributed by atoms with Crippen LogP contribution >= 0.6 is 0 Å². The van der Waals surface area contributed by atoms with Gasteiger partial charge in [0, 0.05) is 10.8 Å². The van der Waals surface area contributed by atoms with Gasteiger partial charge >= 0.3 is 0 Å². The van der Waals surface area contributed by atoms with Crippen LogP contribution in [-0.2, 0) is 0 Å². The highest BCUT2D eigenvalue weighted by molar-refractivity contribution is 5.49. The van der Waals surface area contributed by atoms with Gasteiger partial charge in [0.25, 0.3) is 0 Å². The first-order valence-electron chi connectivity index (χ1n) is 4.00. The molecule has 0 aromatic heterocycles. The van der Waals surface area contributed by atoms with Crippen LogP contribution in [0.1, 0.15) is 0 Å². The molecule has 4 nitrogen and oxygen atoms in total. The van der Waals surface area contributed by atoms with Crippen molar-refractivity contribution in [3.63, 3.8) is 0 Å². The Kier molecular flexibility index (Phi) is 0.762. The van der Waals surface area contributed by atoms with Gasteiger partial charge in [-0.1, -0.05) is 17.3 Å². The maximum absolute atomic E-state index is 8.88. The molecule has 3 aliphatic rings. The first-order valence-corrected chi connectivity index (χ1v) is 4.00. The van der Waals surface area contributed by atoms with Gasteiger partial charge in [0.1, 0.15) is 0 Å². The van der Waals surface area contributed by atoms with E-state index < -0.39 is 0 Å². The average Bonchev–Trinajstić information content (AvgIpc) is 2.93. The largest absolute Gasteiger partial charge is 0.198 e. The Morgan fingerprint density at radius 2 is 2.33 bits per heavy atom. The monoisotopic (exact) mass is 158 g/mol. The number of allylic oxidation sites excluding steroid dienone is 1. The van der Waals surface area contributed by atoms with Crippen molar-refractivity contribution < 1.29 is 0 Å². The number of azide groups is 1. The molecule has 58 valence electrons. The van der Waals surface area contributed by atoms with Gasteiger partial charge < -0.3 is 0 Å². The predicted octanol–water partition coefficient (Wildman–Crippen LogP) is 1.62. The van der Waals surface area contributed by atoms with Crippen LogP contribution in [0.25, 0.3) is 10.4 Å². The minimum absolute atomic E-state index is 0.0513. The van der Waals surface area contributed by atoms with Crippen LogP contribution in [0.3, 0.4) is 0 Å². The maximum atomic E-state index is 8.88. The second-order valence-electron chi connectivity index (χ2n) is 3.70. The summed E-state index contributed by atoms with van der Waals surface area (Å²) in [6.07, 6.45) is 3.97. The summed E-state index contributed by atoms with van der Waals surface area (Å²) < 4.78 is 0. The van der Waals surface area contributed by atoms with Crippen molar-refractivity contribution in [2.45, 2.75) is 6.04 Å². The van der Waals surface area contributed by atoms with Crippen LogP contribution in [0.4, 0.5) is 0 Å². The molecular weight excluding hydrogens is 152 g/mol. The van der Waals surface area contributed by atoms with Crippen LogP contribution in [-0.4, -0.2) is 6.04 Å². The van der Waals surface area contributed by atoms with E-state index in [1.807, 2.05) is 12.2 Å². The van der Waals surface area contributed by atoms with Gasteiger partial charge in [0.05, 0.1) is 17.5 Å². The van der Waals surface area contributed by atoms with Crippen LogP contribution in [0.2, 0.25) is 0 Å². The molecule has 12 heavy (non-hydrogen) atoms. The lowest BCUT2D eigenvalue weighted by Crippen LogP contribution is -2.22. The number of hydrogen-bond acceptors (Lipinski definition) is 2. The molecule has 0 amide bonds. The summed E-state index contributed by atoms with van der Waals surface area (Å²) in [5.41, 5.74) is 8.16. The molecule has 1 unspecified atom stereocenters. The molecule has 3 aliphatic carbocycles. The Hall–Kier alpha value is -1.46. The van der Waals surface area contributed by atoms with Crippen molar-refractivity contribution in [3.05, 3.63) is 22.6 Å². The summed E-state index contributed by atoms with van der Waals surface area (Å²) in [6, 6.07) is 2.29. The van der Waals surface area contributed by atoms with E-state index in [-0.39, 0.29) is 11.5 Å². The third-order valence-electron chi connectivity index (χ3n) is 3.47. The molecule has 0 radical (unpaired) electrons. The molecule has 0 aromatic rings. The lowest BCUT2D eigenvalue weighted by Gasteiger charge is -2.20. The Morgan fingerprint density at radius 1 is 1.50 bits per heavy atom. The van der Waals surface area contributed by atoms with Gasteiger partial charge in [0.15, 0.2) is 0 Å². The van der Waals surface area contributed by atoms with E-state index in [2.05, 4.69) is 16.1 Å². The SMILES string of the molecule is N#C[C@@]12C3[C@@H]1C=C[C@@H](N=[N+]=[N-])[C@H]32. The van der Waals surface area contributed by atoms with Crippen molar-refractivity contribution >= 4 is 0 Å². The third kappa shape index (κ3) is 0.384. The molecule has 4 heteroatoms. The third-order valence-corrected chi connectivity index (χ3v) is 3.47. The second kappa shape index (κ2) is 1.50. The van der Waals surface area contributed by atoms with Gasteiger partial charge in [-0.25, -0.2) is 0 Å². The van der Waals surface area contributed by atoms with Crippen LogP contribution in [0.5, 0.6) is 0 Å². The van der Waals surface area contributed by atoms with Gasteiger partial charge in [-0.2, -0.15) is 5.26 Å². The van der Waals surface area contributed by atoms with Crippen molar-refractivity contribution in [1.82, 2.24) is 0 Å². The number of fused-ring (bicyclic) bond motifs is 2. The Morgan fingerprint density at radius 3 is 2.92 bits per heavy atom. The fourth-order valence-corrected chi connectivity index (χ4v) is 2.78. The highest BCUT2D eigenvalue weighted by Crippen LogP contribution is 2.87. The molecule has 3 rings (SSSR count). The Labute approximate surface area is 69.1 Å². The molecule has 0 N–H and O–H groups in total. The van der Waals surface area contributed by atoms with E-state index in [1.54, 1.807) is 0 Å². The molecule has 0 aliphatic heterocycles. The predicted molar refractivity (Wildman–Crippen MR) is 40.6 cm³/mol. The molecule has 2 fully saturated rings. The van der Waals surface area contributed by atoms with E-state index in [0.717, 1.165) is 0 Å². The van der Waals surface area contributed by atoms with Crippen LogP contribution in [0, 0.1) is 34.5 Å². The van der Waals surface area contributed by atoms with E-state index in [0.29, 0.717) is 17.8 Å². The smallest absolute Gasteiger partial charge is 0.0716 e. The van der Waals surface area contributed by atoms with Crippen molar-refractivity contribution in [2.75, 3.05) is 0 Å². The average molecular weight is 158 g/mol. The van der Waals surface area contributed by atoms with Crippen molar-refractivity contribution in [1.29, 1.82) is 5.26 Å². The zero-order chi connectivity index (χ0) is 8.34. The topological polar surface area (TPSA) is 72.5 Å². The first-order chi connectivity index (χ1) is 5.86. The molecule has 0 spiro atoms. The number of nitrogens with zero attached hydrogens (tertiary/aromatic N) is 4. The molecule has 2 saturated carbocycles. The van der Waals surface area contributed by atoms with Gasteiger partial charge in [-0.15, -0.1) is 0 Å². The highest BCUT2D eigenvalue weighted by atomic mass is 15.2. The van der Waals surface area contributed by atoms with Gasteiger partial charge in [-0.3, -0.25) is 0 Å². The fraction of sp³-hybridized carbons (Fsp3) is 0.625. The normalized spacial score (nSPS) is 56.2. The van der Waals surface area contributed by atoms with Gasteiger partial charge in [0.2, 0.25) is 0 Å². The molecule has 0 bridgehead atoms. The van der Waals surface area contributed by atoms with E-state index in [1.165, 1.54) is 0 Å². The Bertz CT molecular complexity index is 373. The van der Waals surface area contributed by atoms with Crippen molar-refractivity contribution in [2.24, 2.45) is 28.3 Å². The molecular formula is C8H6N4. The maximum Gasteiger partial charge on any atom is 0.0716 e. The lowest BCUT2D eigenvalue weighted by atomic mass is 9.85. The quantitative estimate of drug-likeness (QED) is 0.247. The molecule has 5 atom stereocenters. The standard InChI is InChI=1S/C8H6N4/c9-3-8-4-1-2-5(11-12-10)7(8)6(4)8/h1-2,4-7H/t4-,5+,6?,7+,8-/m0/s1. The highest BCUT2D eigenvalue weighted by Gasteiger charge is 2.88. The zero-order valence-electron chi connectivity index (χ0n) is 6.25. The van der Waals surface area contributed by atoms with Crippen LogP contribution in [0.15, 0.2) is 17.3 Å². The molecule has 0 saturated heterocycles. The molecule has 0 aromatic carbocycles. The number of hydrogen-bond donors (Lipinski definition) is 0. The minimum atomic E-state index is -0.104. The number of nitriles is 1. The number of rotatable bonds is 1. The zero-order valence-corrected chi connectivity index (χ0v) is 6.25. The first kappa shape index (κ1) is 6.10. The van der Waals surface area contributed by atoms with Gasteiger partial charge in [-0.05, 0) is 17.4 Å². The second-order valence-corrected chi connectivity index (χ2v) is 3.70. The summed E-state index contributed by atoms with van der Waals surface area (Å²) in [5, 5.41) is 12.5. The summed E-state index contributed by atoms with van der Waals surface area (Å²) in [6.45, 7) is 0. The van der Waals surface area contributed by atoms with Crippen molar-refractivity contribution in [3.8, 4) is 6.07 Å². The Balaban J connectivity index is 1.97. The van der Waals surface area contributed by atoms with E-state index in [9.17, 15) is 0 Å². The summed E-state index contributed by atoms with van der Waals surface area (Å²) >= 11 is 0. The molecule has 0 heterocycles. The fourth-order valence-electron chi connectivity index (χ4n) is 2.78. The van der Waals surface area contributed by atoms with E-state index in [4.69, 9.17) is 10.8 Å². The van der Waals surface area contributed by atoms with Crippen LogP contribution < -0.4 is 0 Å². The summed E-state index contributed by atoms with van der Waals surface area (Å²) in [4.78, 5) is 2.78. The van der Waals surface area contributed by atoms with E-state index >= 15 is 0 Å². The summed E-state index contributed by atoms with van der Waals surface area (Å²) in [7, 11) is 0. The minimum Gasteiger partial charge on any atom is -0.198 e. The summed E-state index contributed by atoms with van der Waals surface area (Å²) in [5.74, 6) is 1.34.